The van der Waals surface area contributed by atoms with Crippen LogP contribution >= 0.6 is 11.6 Å². The van der Waals surface area contributed by atoms with Gasteiger partial charge in [-0.15, -0.1) is 0 Å². The third kappa shape index (κ3) is 5.17. The Kier molecular flexibility index (Phi) is 5.87. The molecule has 1 aromatic heterocycles. The van der Waals surface area contributed by atoms with E-state index in [2.05, 4.69) is 29.2 Å². The van der Waals surface area contributed by atoms with Gasteiger partial charge in [-0.1, -0.05) is 13.8 Å². The zero-order chi connectivity index (χ0) is 16.8. The average molecular weight is 337 g/mol. The third-order valence-electron chi connectivity index (χ3n) is 3.16. The van der Waals surface area contributed by atoms with Crippen LogP contribution in [0, 0.1) is 11.7 Å². The van der Waals surface area contributed by atoms with Crippen LogP contribution in [0.5, 0.6) is 0 Å². The SMILES string of the molecule is CC(C)CCN(NC(=O)c1ccc(F)cc1)c1ccnc(Cl)n1. The van der Waals surface area contributed by atoms with Crippen molar-refractivity contribution < 1.29 is 9.18 Å². The Morgan fingerprint density at radius 1 is 1.30 bits per heavy atom. The Morgan fingerprint density at radius 2 is 2.00 bits per heavy atom. The van der Waals surface area contributed by atoms with Crippen molar-refractivity contribution in [2.45, 2.75) is 20.3 Å². The quantitative estimate of drug-likeness (QED) is 0.648. The van der Waals surface area contributed by atoms with Crippen LogP contribution in [0.4, 0.5) is 10.2 Å². The Hall–Kier alpha value is -2.21. The van der Waals surface area contributed by atoms with Crippen LogP contribution in [0.25, 0.3) is 0 Å². The molecule has 23 heavy (non-hydrogen) atoms. The molecule has 0 aliphatic carbocycles. The Labute approximate surface area is 139 Å². The first-order valence-electron chi connectivity index (χ1n) is 7.28. The summed E-state index contributed by atoms with van der Waals surface area (Å²) in [5, 5.41) is 1.73. The van der Waals surface area contributed by atoms with E-state index in [1.807, 2.05) is 0 Å². The van der Waals surface area contributed by atoms with Gasteiger partial charge in [0.05, 0.1) is 0 Å². The topological polar surface area (TPSA) is 58.1 Å². The van der Waals surface area contributed by atoms with Gasteiger partial charge in [0.25, 0.3) is 5.91 Å². The first kappa shape index (κ1) is 17.1. The standard InChI is InChI=1S/C16H18ClFN4O/c1-11(2)8-10-22(14-7-9-19-16(17)20-14)21-15(23)12-3-5-13(18)6-4-12/h3-7,9,11H,8,10H2,1-2H3,(H,21,23). The minimum Gasteiger partial charge on any atom is -0.268 e. The van der Waals surface area contributed by atoms with Crippen LogP contribution in [-0.4, -0.2) is 22.4 Å². The molecule has 0 aliphatic rings. The van der Waals surface area contributed by atoms with Crippen LogP contribution in [0.2, 0.25) is 5.28 Å². The minimum absolute atomic E-state index is 0.105. The third-order valence-corrected chi connectivity index (χ3v) is 3.34. The molecule has 122 valence electrons. The fourth-order valence-electron chi connectivity index (χ4n) is 1.88. The van der Waals surface area contributed by atoms with Crippen molar-refractivity contribution in [3.8, 4) is 0 Å². The lowest BCUT2D eigenvalue weighted by Crippen LogP contribution is -2.44. The molecule has 1 amide bonds. The summed E-state index contributed by atoms with van der Waals surface area (Å²) in [5.41, 5.74) is 3.14. The number of amides is 1. The molecule has 2 aromatic rings. The van der Waals surface area contributed by atoms with Gasteiger partial charge in [-0.3, -0.25) is 15.2 Å². The molecule has 1 aromatic carbocycles. The van der Waals surface area contributed by atoms with E-state index >= 15 is 0 Å². The predicted octanol–water partition coefficient (Wildman–Crippen LogP) is 3.47. The highest BCUT2D eigenvalue weighted by atomic mass is 35.5. The summed E-state index contributed by atoms with van der Waals surface area (Å²) in [7, 11) is 0. The van der Waals surface area contributed by atoms with Crippen LogP contribution < -0.4 is 10.4 Å². The Morgan fingerprint density at radius 3 is 2.61 bits per heavy atom. The zero-order valence-corrected chi connectivity index (χ0v) is 13.7. The van der Waals surface area contributed by atoms with Gasteiger partial charge in [-0.2, -0.15) is 4.98 Å². The van der Waals surface area contributed by atoms with E-state index in [-0.39, 0.29) is 17.0 Å². The molecule has 0 radical (unpaired) electrons. The number of hydrogen-bond acceptors (Lipinski definition) is 4. The van der Waals surface area contributed by atoms with E-state index in [0.717, 1.165) is 6.42 Å². The number of carbonyl (C=O) groups is 1. The van der Waals surface area contributed by atoms with E-state index in [1.54, 1.807) is 11.1 Å². The molecule has 0 aliphatic heterocycles. The predicted molar refractivity (Wildman–Crippen MR) is 87.7 cm³/mol. The number of nitrogens with one attached hydrogen (secondary N) is 1. The van der Waals surface area contributed by atoms with Gasteiger partial charge in [-0.05, 0) is 48.2 Å². The van der Waals surface area contributed by atoms with E-state index < -0.39 is 0 Å². The second-order valence-electron chi connectivity index (χ2n) is 5.47. The molecular weight excluding hydrogens is 319 g/mol. The number of aromatic nitrogens is 2. The molecule has 0 spiro atoms. The smallest absolute Gasteiger partial charge is 0.268 e. The molecule has 1 N–H and O–H groups in total. The number of anilines is 1. The number of nitrogens with zero attached hydrogens (tertiary/aromatic N) is 3. The molecule has 5 nitrogen and oxygen atoms in total. The van der Waals surface area contributed by atoms with Crippen LogP contribution in [0.1, 0.15) is 30.6 Å². The second kappa shape index (κ2) is 7.87. The fourth-order valence-corrected chi connectivity index (χ4v) is 2.02. The van der Waals surface area contributed by atoms with E-state index in [4.69, 9.17) is 11.6 Å². The molecule has 0 fully saturated rings. The number of hydrazine groups is 1. The number of rotatable bonds is 6. The summed E-state index contributed by atoms with van der Waals surface area (Å²) in [6.07, 6.45) is 2.38. The largest absolute Gasteiger partial charge is 0.269 e. The summed E-state index contributed by atoms with van der Waals surface area (Å²) in [4.78, 5) is 20.3. The maximum Gasteiger partial charge on any atom is 0.269 e. The number of benzene rings is 1. The number of carbonyl (C=O) groups excluding carboxylic acids is 1. The van der Waals surface area contributed by atoms with E-state index in [9.17, 15) is 9.18 Å². The van der Waals surface area contributed by atoms with Crippen molar-refractivity contribution in [1.29, 1.82) is 0 Å². The van der Waals surface area contributed by atoms with Crippen LogP contribution in [-0.2, 0) is 0 Å². The highest BCUT2D eigenvalue weighted by molar-refractivity contribution is 6.28. The normalized spacial score (nSPS) is 10.7. The maximum absolute atomic E-state index is 13.0. The zero-order valence-electron chi connectivity index (χ0n) is 13.0. The van der Waals surface area contributed by atoms with Gasteiger partial charge in [0.2, 0.25) is 5.28 Å². The lowest BCUT2D eigenvalue weighted by atomic mass is 10.1. The van der Waals surface area contributed by atoms with Crippen molar-refractivity contribution in [2.24, 2.45) is 5.92 Å². The van der Waals surface area contributed by atoms with Gasteiger partial charge in [-0.25, -0.2) is 9.37 Å². The van der Waals surface area contributed by atoms with Gasteiger partial charge < -0.3 is 0 Å². The lowest BCUT2D eigenvalue weighted by Gasteiger charge is -2.25. The van der Waals surface area contributed by atoms with Crippen molar-refractivity contribution >= 4 is 23.3 Å². The van der Waals surface area contributed by atoms with Gasteiger partial charge >= 0.3 is 0 Å². The van der Waals surface area contributed by atoms with E-state index in [1.165, 1.54) is 30.5 Å². The van der Waals surface area contributed by atoms with Crippen LogP contribution in [0.3, 0.4) is 0 Å². The molecule has 2 rings (SSSR count). The van der Waals surface area contributed by atoms with Gasteiger partial charge in [0.1, 0.15) is 5.82 Å². The maximum atomic E-state index is 13.0. The van der Waals surface area contributed by atoms with Crippen molar-refractivity contribution in [1.82, 2.24) is 15.4 Å². The summed E-state index contributed by atoms with van der Waals surface area (Å²) in [6, 6.07) is 7.01. The van der Waals surface area contributed by atoms with Crippen molar-refractivity contribution in [2.75, 3.05) is 11.6 Å². The summed E-state index contributed by atoms with van der Waals surface area (Å²) >= 11 is 5.82. The van der Waals surface area contributed by atoms with Crippen LogP contribution in [0.15, 0.2) is 36.5 Å². The number of halogens is 2. The first-order chi connectivity index (χ1) is 11.0. The monoisotopic (exact) mass is 336 g/mol. The second-order valence-corrected chi connectivity index (χ2v) is 5.80. The van der Waals surface area contributed by atoms with Crippen molar-refractivity contribution in [3.05, 3.63) is 53.2 Å². The average Bonchev–Trinajstić information content (AvgIpc) is 2.51. The number of hydrogen-bond donors (Lipinski definition) is 1. The minimum atomic E-state index is -0.388. The molecule has 0 saturated heterocycles. The fraction of sp³-hybridized carbons (Fsp3) is 0.312. The summed E-state index contributed by atoms with van der Waals surface area (Å²) < 4.78 is 13.0. The Bertz CT molecular complexity index is 663. The van der Waals surface area contributed by atoms with Gasteiger partial charge in [0.15, 0.2) is 5.82 Å². The molecule has 0 bridgehead atoms. The summed E-state index contributed by atoms with van der Waals surface area (Å²) in [6.45, 7) is 4.75. The molecule has 1 heterocycles. The lowest BCUT2D eigenvalue weighted by molar-refractivity contribution is 0.0948. The highest BCUT2D eigenvalue weighted by Crippen LogP contribution is 2.13. The molecule has 0 unspecified atom stereocenters. The van der Waals surface area contributed by atoms with Crippen molar-refractivity contribution in [3.63, 3.8) is 0 Å². The first-order valence-corrected chi connectivity index (χ1v) is 7.66. The molecule has 0 atom stereocenters. The summed E-state index contributed by atoms with van der Waals surface area (Å²) in [5.74, 6) is 0.225. The van der Waals surface area contributed by atoms with Gasteiger partial charge in [0, 0.05) is 24.4 Å². The van der Waals surface area contributed by atoms with E-state index in [0.29, 0.717) is 23.8 Å². The molecular formula is C16H18ClFN4O. The Balaban J connectivity index is 2.16. The molecule has 0 saturated carbocycles. The molecule has 7 heteroatoms. The highest BCUT2D eigenvalue weighted by Gasteiger charge is 2.14.